The third-order valence-corrected chi connectivity index (χ3v) is 6.82. The number of aromatic amines is 1. The maximum Gasteiger partial charge on any atom is 0.326 e. The first-order valence-electron chi connectivity index (χ1n) is 13.6. The van der Waals surface area contributed by atoms with E-state index in [0.29, 0.717) is 12.0 Å². The average molecular weight is 589 g/mol. The zero-order valence-electron chi connectivity index (χ0n) is 23.6. The number of hydrogen-bond acceptors (Lipinski definition) is 7. The number of amides is 3. The molecule has 0 aliphatic heterocycles. The predicted octanol–water partition coefficient (Wildman–Crippen LogP) is -0.849. The lowest BCUT2D eigenvalue weighted by Crippen LogP contribution is -2.59. The van der Waals surface area contributed by atoms with Gasteiger partial charge in [-0.05, 0) is 30.4 Å². The van der Waals surface area contributed by atoms with Crippen molar-refractivity contribution in [2.24, 2.45) is 28.1 Å². The van der Waals surface area contributed by atoms with Gasteiger partial charge in [0, 0.05) is 30.1 Å². The second-order valence-corrected chi connectivity index (χ2v) is 10.0. The Morgan fingerprint density at radius 2 is 1.64 bits per heavy atom. The summed E-state index contributed by atoms with van der Waals surface area (Å²) >= 11 is 0. The zero-order chi connectivity index (χ0) is 31.4. The number of guanidine groups is 1. The fraction of sp³-hybridized carbons (Fsp3) is 0.481. The minimum atomic E-state index is -1.41. The number of benzene rings is 1. The number of hydrogen-bond donors (Lipinski definition) is 9. The number of fused-ring (bicyclic) bond motifs is 1. The Morgan fingerprint density at radius 1 is 0.976 bits per heavy atom. The number of H-pyrrole nitrogens is 1. The quantitative estimate of drug-likeness (QED) is 0.0627. The molecule has 0 bridgehead atoms. The van der Waals surface area contributed by atoms with Crippen molar-refractivity contribution >= 4 is 46.5 Å². The molecule has 0 radical (unpaired) electrons. The van der Waals surface area contributed by atoms with Crippen molar-refractivity contribution in [3.05, 3.63) is 36.0 Å². The zero-order valence-corrected chi connectivity index (χ0v) is 23.6. The summed E-state index contributed by atoms with van der Waals surface area (Å²) in [6.45, 7) is 3.67. The van der Waals surface area contributed by atoms with E-state index in [1.165, 1.54) is 0 Å². The van der Waals surface area contributed by atoms with Crippen LogP contribution >= 0.6 is 0 Å². The van der Waals surface area contributed by atoms with E-state index < -0.39 is 66.2 Å². The molecule has 0 aliphatic rings. The maximum atomic E-state index is 13.4. The van der Waals surface area contributed by atoms with Crippen LogP contribution in [0.15, 0.2) is 35.5 Å². The van der Waals surface area contributed by atoms with Gasteiger partial charge in [-0.15, -0.1) is 0 Å². The Hall–Kier alpha value is -4.66. The van der Waals surface area contributed by atoms with Crippen molar-refractivity contribution in [2.75, 3.05) is 6.54 Å². The summed E-state index contributed by atoms with van der Waals surface area (Å²) in [6, 6.07) is 2.31. The van der Waals surface area contributed by atoms with E-state index in [1.807, 2.05) is 24.3 Å². The van der Waals surface area contributed by atoms with Crippen LogP contribution in [0.3, 0.4) is 0 Å². The molecule has 0 saturated carbocycles. The van der Waals surface area contributed by atoms with Crippen LogP contribution in [0, 0.1) is 5.92 Å². The molecule has 0 saturated heterocycles. The Labute approximate surface area is 242 Å². The van der Waals surface area contributed by atoms with Crippen molar-refractivity contribution in [1.82, 2.24) is 20.9 Å². The van der Waals surface area contributed by atoms with E-state index in [4.69, 9.17) is 22.3 Å². The summed E-state index contributed by atoms with van der Waals surface area (Å²) < 4.78 is 0. The largest absolute Gasteiger partial charge is 0.481 e. The van der Waals surface area contributed by atoms with Gasteiger partial charge in [0.1, 0.15) is 18.1 Å². The van der Waals surface area contributed by atoms with Crippen LogP contribution < -0.4 is 33.2 Å². The number of aliphatic imine (C=N–C) groups is 1. The van der Waals surface area contributed by atoms with Gasteiger partial charge in [-0.3, -0.25) is 24.2 Å². The first kappa shape index (κ1) is 33.5. The summed E-state index contributed by atoms with van der Waals surface area (Å²) in [7, 11) is 0. The molecule has 0 aliphatic carbocycles. The fourth-order valence-corrected chi connectivity index (χ4v) is 4.27. The number of carboxylic acid groups (broad SMARTS) is 2. The first-order chi connectivity index (χ1) is 19.8. The van der Waals surface area contributed by atoms with Crippen LogP contribution in [0.2, 0.25) is 0 Å². The molecular formula is C27H40N8O7. The minimum absolute atomic E-state index is 0.00278. The highest BCUT2D eigenvalue weighted by atomic mass is 16.4. The molecule has 1 heterocycles. The summed E-state index contributed by atoms with van der Waals surface area (Å²) in [5.41, 5.74) is 17.8. The third-order valence-electron chi connectivity index (χ3n) is 6.82. The molecule has 15 heteroatoms. The van der Waals surface area contributed by atoms with Crippen molar-refractivity contribution in [3.63, 3.8) is 0 Å². The number of nitrogens with one attached hydrogen (secondary N) is 4. The van der Waals surface area contributed by atoms with Crippen LogP contribution in [-0.2, 0) is 30.4 Å². The summed E-state index contributed by atoms with van der Waals surface area (Å²) in [5.74, 6) is -5.42. The molecule has 2 aromatic rings. The molecule has 42 heavy (non-hydrogen) atoms. The van der Waals surface area contributed by atoms with Crippen molar-refractivity contribution in [3.8, 4) is 0 Å². The van der Waals surface area contributed by atoms with Crippen LogP contribution in [0.4, 0.5) is 0 Å². The Balaban J connectivity index is 2.21. The molecule has 2 rings (SSSR count). The molecule has 1 aromatic heterocycles. The number of rotatable bonds is 17. The van der Waals surface area contributed by atoms with Crippen molar-refractivity contribution in [2.45, 2.75) is 70.1 Å². The topological polar surface area (TPSA) is 268 Å². The fourth-order valence-electron chi connectivity index (χ4n) is 4.27. The number of nitrogens with two attached hydrogens (primary N) is 3. The van der Waals surface area contributed by atoms with Gasteiger partial charge in [0.15, 0.2) is 5.96 Å². The summed E-state index contributed by atoms with van der Waals surface area (Å²) in [5, 5.41) is 27.2. The van der Waals surface area contributed by atoms with Gasteiger partial charge in [-0.25, -0.2) is 4.79 Å². The molecule has 0 spiro atoms. The first-order valence-corrected chi connectivity index (χ1v) is 13.6. The van der Waals surface area contributed by atoms with E-state index in [9.17, 15) is 29.1 Å². The molecule has 5 atom stereocenters. The molecule has 1 aromatic carbocycles. The highest BCUT2D eigenvalue weighted by Gasteiger charge is 2.33. The van der Waals surface area contributed by atoms with Crippen molar-refractivity contribution < 1.29 is 34.2 Å². The Morgan fingerprint density at radius 3 is 2.26 bits per heavy atom. The van der Waals surface area contributed by atoms with Crippen LogP contribution in [0.5, 0.6) is 0 Å². The molecule has 230 valence electrons. The Kier molecular flexibility index (Phi) is 12.7. The highest BCUT2D eigenvalue weighted by Crippen LogP contribution is 2.19. The second-order valence-electron chi connectivity index (χ2n) is 10.0. The summed E-state index contributed by atoms with van der Waals surface area (Å²) in [4.78, 5) is 69.2. The second kappa shape index (κ2) is 16.0. The standard InChI is InChI=1S/C27H40N8O7/c1-3-14(2)22(25(40)34-20(26(41)42)11-15-13-32-18-8-5-4-7-16(15)18)35-24(39)19(9-6-10-31-27(29)30)33-23(38)17(28)12-21(36)37/h4-5,7-8,13-14,17,19-20,22,32H,3,6,9-12,28H2,1-2H3,(H,33,38)(H,34,40)(H,35,39)(H,36,37)(H,41,42)(H4,29,30,31). The smallest absolute Gasteiger partial charge is 0.326 e. The molecule has 5 unspecified atom stereocenters. The highest BCUT2D eigenvalue weighted by molar-refractivity contribution is 5.95. The van der Waals surface area contributed by atoms with Crippen LogP contribution in [0.1, 0.15) is 45.1 Å². The average Bonchev–Trinajstić information content (AvgIpc) is 3.34. The van der Waals surface area contributed by atoms with E-state index in [2.05, 4.69) is 25.9 Å². The normalized spacial score (nSPS) is 14.5. The minimum Gasteiger partial charge on any atom is -0.481 e. The van der Waals surface area contributed by atoms with E-state index in [0.717, 1.165) is 10.9 Å². The third kappa shape index (κ3) is 10.1. The van der Waals surface area contributed by atoms with Gasteiger partial charge < -0.3 is 48.3 Å². The number of nitrogens with zero attached hydrogens (tertiary/aromatic N) is 1. The lowest BCUT2D eigenvalue weighted by Gasteiger charge is -2.28. The van der Waals surface area contributed by atoms with E-state index >= 15 is 0 Å². The van der Waals surface area contributed by atoms with Gasteiger partial charge in [-0.2, -0.15) is 0 Å². The number of aliphatic carboxylic acids is 2. The van der Waals surface area contributed by atoms with Gasteiger partial charge in [0.05, 0.1) is 12.5 Å². The Bertz CT molecular complexity index is 1290. The number of aromatic nitrogens is 1. The lowest BCUT2D eigenvalue weighted by atomic mass is 9.96. The summed E-state index contributed by atoms with van der Waals surface area (Å²) in [6.07, 6.45) is 1.79. The SMILES string of the molecule is CCC(C)C(NC(=O)C(CCCN=C(N)N)NC(=O)C(N)CC(=O)O)C(=O)NC(Cc1c[nH]c2ccccc12)C(=O)O. The number of carboxylic acids is 2. The van der Waals surface area contributed by atoms with Crippen LogP contribution in [-0.4, -0.2) is 81.5 Å². The van der Waals surface area contributed by atoms with Gasteiger partial charge >= 0.3 is 11.9 Å². The number of para-hydroxylation sites is 1. The van der Waals surface area contributed by atoms with E-state index in [-0.39, 0.29) is 31.8 Å². The van der Waals surface area contributed by atoms with Gasteiger partial charge in [0.25, 0.3) is 0 Å². The molecular weight excluding hydrogens is 548 g/mol. The lowest BCUT2D eigenvalue weighted by molar-refractivity contribution is -0.142. The predicted molar refractivity (Wildman–Crippen MR) is 155 cm³/mol. The number of carbonyl (C=O) groups is 5. The maximum absolute atomic E-state index is 13.4. The molecule has 3 amide bonds. The van der Waals surface area contributed by atoms with Crippen LogP contribution in [0.25, 0.3) is 10.9 Å². The van der Waals surface area contributed by atoms with E-state index in [1.54, 1.807) is 20.0 Å². The van der Waals surface area contributed by atoms with Gasteiger partial charge in [-0.1, -0.05) is 38.5 Å². The molecule has 0 fully saturated rings. The number of carbonyl (C=O) groups excluding carboxylic acids is 3. The molecule has 12 N–H and O–H groups in total. The monoisotopic (exact) mass is 588 g/mol. The van der Waals surface area contributed by atoms with Gasteiger partial charge in [0.2, 0.25) is 17.7 Å². The van der Waals surface area contributed by atoms with Crippen molar-refractivity contribution in [1.29, 1.82) is 0 Å². The molecule has 15 nitrogen and oxygen atoms in total.